The minimum Gasteiger partial charge on any atom is -0.496 e. The second-order valence-electron chi connectivity index (χ2n) is 7.52. The molecule has 2 unspecified atom stereocenters. The van der Waals surface area contributed by atoms with Gasteiger partial charge in [0.1, 0.15) is 11.5 Å². The van der Waals surface area contributed by atoms with Gasteiger partial charge in [-0.1, -0.05) is 37.3 Å². The van der Waals surface area contributed by atoms with Gasteiger partial charge in [0.2, 0.25) is 0 Å². The van der Waals surface area contributed by atoms with Crippen LogP contribution in [0.4, 0.5) is 14.5 Å². The van der Waals surface area contributed by atoms with E-state index in [9.17, 15) is 8.78 Å². The van der Waals surface area contributed by atoms with Gasteiger partial charge in [-0.15, -0.1) is 0 Å². The summed E-state index contributed by atoms with van der Waals surface area (Å²) in [6.07, 6.45) is 0.867. The third-order valence-electron chi connectivity index (χ3n) is 5.42. The lowest BCUT2D eigenvalue weighted by Crippen LogP contribution is -2.45. The van der Waals surface area contributed by atoms with Gasteiger partial charge in [-0.25, -0.2) is 0 Å². The zero-order valence-electron chi connectivity index (χ0n) is 18.1. The van der Waals surface area contributed by atoms with E-state index < -0.39 is 6.61 Å². The summed E-state index contributed by atoms with van der Waals surface area (Å²) in [5.41, 5.74) is 1.82. The molecule has 8 heteroatoms. The quantitative estimate of drug-likeness (QED) is 0.490. The number of benzene rings is 2. The van der Waals surface area contributed by atoms with Gasteiger partial charge >= 0.3 is 6.61 Å². The molecule has 168 valence electrons. The van der Waals surface area contributed by atoms with E-state index in [0.29, 0.717) is 24.7 Å². The monoisotopic (exact) mass is 432 g/mol. The number of guanidine groups is 1. The van der Waals surface area contributed by atoms with Gasteiger partial charge in [0.25, 0.3) is 0 Å². The molecule has 0 aliphatic carbocycles. The number of methoxy groups -OCH3 is 1. The Hall–Kier alpha value is -3.03. The summed E-state index contributed by atoms with van der Waals surface area (Å²) in [6.45, 7) is 1.41. The molecule has 1 fully saturated rings. The number of ether oxygens (including phenoxy) is 2. The van der Waals surface area contributed by atoms with Crippen LogP contribution in [0.5, 0.6) is 11.5 Å². The summed E-state index contributed by atoms with van der Waals surface area (Å²) in [4.78, 5) is 6.39. The molecule has 1 aliphatic heterocycles. The van der Waals surface area contributed by atoms with Crippen LogP contribution in [-0.4, -0.2) is 52.4 Å². The number of anilines is 1. The van der Waals surface area contributed by atoms with E-state index in [4.69, 9.17) is 4.74 Å². The number of rotatable bonds is 8. The standard InChI is InChI=1S/C23H30F2N4O2/c1-16(18-8-4-6-10-20(18)30-3)14-27-23(26-2)28-17-12-13-29(15-17)19-9-5-7-11-21(19)31-22(24)25/h4-11,16-17,22H,12-15H2,1-3H3,(H2,26,27,28). The van der Waals surface area contributed by atoms with Crippen molar-refractivity contribution in [2.45, 2.75) is 31.9 Å². The van der Waals surface area contributed by atoms with E-state index in [-0.39, 0.29) is 17.7 Å². The first kappa shape index (κ1) is 22.7. The van der Waals surface area contributed by atoms with Crippen LogP contribution in [0.25, 0.3) is 0 Å². The van der Waals surface area contributed by atoms with E-state index in [2.05, 4.69) is 38.3 Å². The Balaban J connectivity index is 1.55. The summed E-state index contributed by atoms with van der Waals surface area (Å²) in [5, 5.41) is 6.82. The fourth-order valence-electron chi connectivity index (χ4n) is 3.83. The molecule has 0 spiro atoms. The Labute approximate surface area is 182 Å². The summed E-state index contributed by atoms with van der Waals surface area (Å²) in [5.74, 6) is 2.01. The van der Waals surface area contributed by atoms with Crippen LogP contribution < -0.4 is 25.0 Å². The van der Waals surface area contributed by atoms with Crippen molar-refractivity contribution in [2.75, 3.05) is 38.7 Å². The molecule has 1 heterocycles. The second-order valence-corrected chi connectivity index (χ2v) is 7.52. The fraction of sp³-hybridized carbons (Fsp3) is 0.435. The van der Waals surface area contributed by atoms with Crippen molar-refractivity contribution in [3.8, 4) is 11.5 Å². The summed E-state index contributed by atoms with van der Waals surface area (Å²) in [6, 6.07) is 15.0. The molecule has 0 amide bonds. The summed E-state index contributed by atoms with van der Waals surface area (Å²) >= 11 is 0. The molecule has 0 aromatic heterocycles. The number of para-hydroxylation sites is 3. The van der Waals surface area contributed by atoms with Crippen LogP contribution in [0.2, 0.25) is 0 Å². The third kappa shape index (κ3) is 5.99. The summed E-state index contributed by atoms with van der Waals surface area (Å²) < 4.78 is 35.6. The van der Waals surface area contributed by atoms with Crippen LogP contribution in [0.3, 0.4) is 0 Å². The van der Waals surface area contributed by atoms with Crippen molar-refractivity contribution in [3.05, 3.63) is 54.1 Å². The largest absolute Gasteiger partial charge is 0.496 e. The lowest BCUT2D eigenvalue weighted by molar-refractivity contribution is -0.0495. The molecule has 0 radical (unpaired) electrons. The Morgan fingerprint density at radius 1 is 1.16 bits per heavy atom. The first-order chi connectivity index (χ1) is 15.0. The zero-order valence-corrected chi connectivity index (χ0v) is 18.1. The first-order valence-electron chi connectivity index (χ1n) is 10.4. The molecule has 2 atom stereocenters. The SMILES string of the molecule is CN=C(NCC(C)c1ccccc1OC)NC1CCN(c2ccccc2OC(F)F)C1. The minimum absolute atomic E-state index is 0.146. The highest BCUT2D eigenvalue weighted by atomic mass is 19.3. The van der Waals surface area contributed by atoms with E-state index in [0.717, 1.165) is 24.3 Å². The Morgan fingerprint density at radius 2 is 1.87 bits per heavy atom. The van der Waals surface area contributed by atoms with Crippen LogP contribution in [0, 0.1) is 0 Å². The average Bonchev–Trinajstić information content (AvgIpc) is 3.24. The number of alkyl halides is 2. The Kier molecular flexibility index (Phi) is 7.92. The van der Waals surface area contributed by atoms with E-state index in [1.807, 2.05) is 30.3 Å². The fourth-order valence-corrected chi connectivity index (χ4v) is 3.83. The van der Waals surface area contributed by atoms with Crippen LogP contribution in [0.1, 0.15) is 24.8 Å². The maximum atomic E-state index is 12.7. The van der Waals surface area contributed by atoms with Gasteiger partial charge in [0, 0.05) is 38.6 Å². The maximum absolute atomic E-state index is 12.7. The van der Waals surface area contributed by atoms with E-state index in [1.54, 1.807) is 26.3 Å². The van der Waals surface area contributed by atoms with Gasteiger partial charge in [-0.3, -0.25) is 4.99 Å². The smallest absolute Gasteiger partial charge is 0.387 e. The van der Waals surface area contributed by atoms with Gasteiger partial charge < -0.3 is 25.0 Å². The molecule has 2 aromatic rings. The predicted octanol–water partition coefficient (Wildman–Crippen LogP) is 3.84. The van der Waals surface area contributed by atoms with Crippen molar-refractivity contribution in [3.63, 3.8) is 0 Å². The van der Waals surface area contributed by atoms with Crippen LogP contribution >= 0.6 is 0 Å². The molecule has 0 saturated carbocycles. The lowest BCUT2D eigenvalue weighted by atomic mass is 10.0. The van der Waals surface area contributed by atoms with Gasteiger partial charge in [-0.2, -0.15) is 8.78 Å². The van der Waals surface area contributed by atoms with E-state index >= 15 is 0 Å². The third-order valence-corrected chi connectivity index (χ3v) is 5.42. The van der Waals surface area contributed by atoms with Gasteiger partial charge in [-0.05, 0) is 30.2 Å². The molecule has 6 nitrogen and oxygen atoms in total. The van der Waals surface area contributed by atoms with Gasteiger partial charge in [0.15, 0.2) is 5.96 Å². The molecule has 31 heavy (non-hydrogen) atoms. The van der Waals surface area contributed by atoms with Gasteiger partial charge in [0.05, 0.1) is 12.8 Å². The molecule has 3 rings (SSSR count). The highest BCUT2D eigenvalue weighted by Gasteiger charge is 2.26. The van der Waals surface area contributed by atoms with Crippen molar-refractivity contribution in [2.24, 2.45) is 4.99 Å². The lowest BCUT2D eigenvalue weighted by Gasteiger charge is -2.23. The maximum Gasteiger partial charge on any atom is 0.387 e. The predicted molar refractivity (Wildman–Crippen MR) is 120 cm³/mol. The highest BCUT2D eigenvalue weighted by Crippen LogP contribution is 2.31. The normalized spacial score (nSPS) is 17.5. The summed E-state index contributed by atoms with van der Waals surface area (Å²) in [7, 11) is 3.41. The zero-order chi connectivity index (χ0) is 22.2. The first-order valence-corrected chi connectivity index (χ1v) is 10.4. The van der Waals surface area contributed by atoms with Crippen molar-refractivity contribution in [1.29, 1.82) is 0 Å². The number of nitrogens with one attached hydrogen (secondary N) is 2. The topological polar surface area (TPSA) is 58.1 Å². The van der Waals surface area contributed by atoms with Crippen molar-refractivity contribution >= 4 is 11.6 Å². The Morgan fingerprint density at radius 3 is 2.58 bits per heavy atom. The van der Waals surface area contributed by atoms with Crippen molar-refractivity contribution in [1.82, 2.24) is 10.6 Å². The number of nitrogens with zero attached hydrogens (tertiary/aromatic N) is 2. The molecular formula is C23H30F2N4O2. The van der Waals surface area contributed by atoms with Crippen LogP contribution in [0.15, 0.2) is 53.5 Å². The molecule has 0 bridgehead atoms. The number of hydrogen-bond donors (Lipinski definition) is 2. The highest BCUT2D eigenvalue weighted by molar-refractivity contribution is 5.80. The van der Waals surface area contributed by atoms with Crippen molar-refractivity contribution < 1.29 is 18.3 Å². The molecular weight excluding hydrogens is 402 g/mol. The average molecular weight is 433 g/mol. The molecule has 1 aliphatic rings. The molecule has 1 saturated heterocycles. The number of hydrogen-bond acceptors (Lipinski definition) is 4. The molecule has 2 N–H and O–H groups in total. The second kappa shape index (κ2) is 10.8. The van der Waals surface area contributed by atoms with E-state index in [1.165, 1.54) is 0 Å². The minimum atomic E-state index is -2.84. The molecule has 2 aromatic carbocycles. The Bertz CT molecular complexity index is 878. The number of halogens is 2. The van der Waals surface area contributed by atoms with Crippen LogP contribution in [-0.2, 0) is 0 Å². The number of aliphatic imine (C=N–C) groups is 1.